The summed E-state index contributed by atoms with van der Waals surface area (Å²) in [6.45, 7) is 3.76. The van der Waals surface area contributed by atoms with Crippen molar-refractivity contribution in [1.29, 1.82) is 0 Å². The third kappa shape index (κ3) is 4.91. The molecule has 0 aliphatic carbocycles. The number of hydrogen-bond donors (Lipinski definition) is 1. The monoisotopic (exact) mass is 520 g/mol. The maximum Gasteiger partial charge on any atom is 0.339 e. The topological polar surface area (TPSA) is 119 Å². The maximum absolute atomic E-state index is 12.6. The summed E-state index contributed by atoms with van der Waals surface area (Å²) < 4.78 is 35.8. The summed E-state index contributed by atoms with van der Waals surface area (Å²) in [6, 6.07) is 17.6. The number of thioether (sulfide) groups is 1. The van der Waals surface area contributed by atoms with Gasteiger partial charge in [0, 0.05) is 23.3 Å². The van der Waals surface area contributed by atoms with Gasteiger partial charge in [0.1, 0.15) is 16.2 Å². The molecule has 0 saturated carbocycles. The van der Waals surface area contributed by atoms with E-state index in [1.54, 1.807) is 30.3 Å². The number of aromatic nitrogens is 2. The molecule has 36 heavy (non-hydrogen) atoms. The molecule has 0 saturated heterocycles. The molecule has 2 heterocycles. The summed E-state index contributed by atoms with van der Waals surface area (Å²) in [7, 11) is -4.06. The van der Waals surface area contributed by atoms with Crippen LogP contribution < -0.4 is 15.4 Å². The van der Waals surface area contributed by atoms with E-state index in [1.807, 2.05) is 19.9 Å². The second kappa shape index (κ2) is 9.29. The lowest BCUT2D eigenvalue weighted by Crippen LogP contribution is -2.10. The van der Waals surface area contributed by atoms with Gasteiger partial charge in [0.05, 0.1) is 10.9 Å². The van der Waals surface area contributed by atoms with Crippen LogP contribution in [0.15, 0.2) is 90.8 Å². The Morgan fingerprint density at radius 3 is 2.44 bits per heavy atom. The number of nitrogens with one attached hydrogen (secondary N) is 1. The Labute approximate surface area is 210 Å². The van der Waals surface area contributed by atoms with Gasteiger partial charge in [0.2, 0.25) is 0 Å². The minimum absolute atomic E-state index is 0.0202. The number of aryl methyl sites for hydroxylation is 2. The number of nitrogens with zero attached hydrogens (tertiary/aromatic N) is 1. The van der Waals surface area contributed by atoms with Crippen LogP contribution >= 0.6 is 11.8 Å². The third-order valence-corrected chi connectivity index (χ3v) is 7.70. The van der Waals surface area contributed by atoms with Gasteiger partial charge >= 0.3 is 15.7 Å². The van der Waals surface area contributed by atoms with Gasteiger partial charge in [0.15, 0.2) is 5.16 Å². The molecule has 0 bridgehead atoms. The maximum atomic E-state index is 12.6. The molecule has 0 aliphatic heterocycles. The second-order valence-electron chi connectivity index (χ2n) is 8.28. The molecule has 0 fully saturated rings. The zero-order valence-electron chi connectivity index (χ0n) is 19.3. The van der Waals surface area contributed by atoms with E-state index in [0.717, 1.165) is 11.1 Å². The Morgan fingerprint density at radius 1 is 0.917 bits per heavy atom. The summed E-state index contributed by atoms with van der Waals surface area (Å²) >= 11 is 1.27. The highest BCUT2D eigenvalue weighted by atomic mass is 32.2. The molecule has 10 heteroatoms. The van der Waals surface area contributed by atoms with E-state index in [4.69, 9.17) is 8.60 Å². The lowest BCUT2D eigenvalue weighted by Gasteiger charge is -2.09. The van der Waals surface area contributed by atoms with Crippen LogP contribution in [0.1, 0.15) is 16.7 Å². The van der Waals surface area contributed by atoms with Crippen molar-refractivity contribution in [2.24, 2.45) is 0 Å². The number of benzene rings is 3. The molecule has 2 aromatic heterocycles. The number of H-pyrrole nitrogens is 1. The molecule has 0 spiro atoms. The van der Waals surface area contributed by atoms with E-state index in [1.165, 1.54) is 42.1 Å². The fourth-order valence-corrected chi connectivity index (χ4v) is 5.49. The molecule has 8 nitrogen and oxygen atoms in total. The predicted molar refractivity (Wildman–Crippen MR) is 138 cm³/mol. The highest BCUT2D eigenvalue weighted by molar-refractivity contribution is 7.98. The van der Waals surface area contributed by atoms with E-state index in [2.05, 4.69) is 9.97 Å². The second-order valence-corrected chi connectivity index (χ2v) is 10.8. The highest BCUT2D eigenvalue weighted by Gasteiger charge is 2.18. The lowest BCUT2D eigenvalue weighted by atomic mass is 10.1. The van der Waals surface area contributed by atoms with Crippen molar-refractivity contribution in [3.05, 3.63) is 104 Å². The molecule has 3 aromatic carbocycles. The Balaban J connectivity index is 1.42. The van der Waals surface area contributed by atoms with Gasteiger partial charge in [-0.25, -0.2) is 9.78 Å². The summed E-state index contributed by atoms with van der Waals surface area (Å²) in [4.78, 5) is 32.0. The summed E-state index contributed by atoms with van der Waals surface area (Å²) in [6.07, 6.45) is 0. The third-order valence-electron chi connectivity index (χ3n) is 5.52. The molecule has 0 unspecified atom stereocenters. The Kier molecular flexibility index (Phi) is 6.15. The highest BCUT2D eigenvalue weighted by Crippen LogP contribution is 2.29. The van der Waals surface area contributed by atoms with Crippen LogP contribution in [0.2, 0.25) is 0 Å². The van der Waals surface area contributed by atoms with Crippen molar-refractivity contribution >= 4 is 43.8 Å². The van der Waals surface area contributed by atoms with E-state index < -0.39 is 15.7 Å². The zero-order valence-corrected chi connectivity index (χ0v) is 20.9. The smallest absolute Gasteiger partial charge is 0.339 e. The first-order chi connectivity index (χ1) is 17.2. The number of fused-ring (bicyclic) bond motifs is 2. The van der Waals surface area contributed by atoms with E-state index in [-0.39, 0.29) is 21.8 Å². The fraction of sp³-hybridized carbons (Fsp3) is 0.115. The molecule has 0 aliphatic rings. The SMILES string of the molecule is Cc1ccc(S(=O)(=O)Oc2ccc3c(CSc4nc5ccc(C)cc5c(=O)[nH]4)cc(=O)oc3c2)cc1. The van der Waals surface area contributed by atoms with Gasteiger partial charge < -0.3 is 13.6 Å². The first-order valence-electron chi connectivity index (χ1n) is 10.9. The average molecular weight is 521 g/mol. The Bertz CT molecular complexity index is 1840. The molecule has 5 rings (SSSR count). The molecule has 0 radical (unpaired) electrons. The van der Waals surface area contributed by atoms with Crippen LogP contribution in [0.5, 0.6) is 5.75 Å². The summed E-state index contributed by atoms with van der Waals surface area (Å²) in [5.74, 6) is 0.344. The van der Waals surface area contributed by atoms with Crippen molar-refractivity contribution in [3.8, 4) is 5.75 Å². The Hall–Kier alpha value is -3.89. The van der Waals surface area contributed by atoms with Gasteiger partial charge in [0.25, 0.3) is 5.56 Å². The molecule has 1 N–H and O–H groups in total. The number of aromatic amines is 1. The fourth-order valence-electron chi connectivity index (χ4n) is 3.71. The molecular formula is C26H20N2O6S2. The van der Waals surface area contributed by atoms with Crippen molar-refractivity contribution < 1.29 is 17.0 Å². The van der Waals surface area contributed by atoms with Crippen LogP contribution in [-0.4, -0.2) is 18.4 Å². The van der Waals surface area contributed by atoms with E-state index in [9.17, 15) is 18.0 Å². The molecule has 0 atom stereocenters. The first kappa shape index (κ1) is 23.8. The quantitative estimate of drug-likeness (QED) is 0.148. The molecular weight excluding hydrogens is 500 g/mol. The normalized spacial score (nSPS) is 11.7. The van der Waals surface area contributed by atoms with Crippen molar-refractivity contribution in [1.82, 2.24) is 9.97 Å². The Morgan fingerprint density at radius 2 is 1.67 bits per heavy atom. The van der Waals surface area contributed by atoms with Crippen molar-refractivity contribution in [2.45, 2.75) is 29.7 Å². The average Bonchev–Trinajstić information content (AvgIpc) is 2.82. The zero-order chi connectivity index (χ0) is 25.4. The van der Waals surface area contributed by atoms with Crippen LogP contribution in [0, 0.1) is 13.8 Å². The van der Waals surface area contributed by atoms with Gasteiger partial charge in [-0.1, -0.05) is 41.1 Å². The van der Waals surface area contributed by atoms with Crippen molar-refractivity contribution in [2.75, 3.05) is 0 Å². The van der Waals surface area contributed by atoms with Gasteiger partial charge in [-0.2, -0.15) is 8.42 Å². The van der Waals surface area contributed by atoms with Crippen LogP contribution in [-0.2, 0) is 15.9 Å². The van der Waals surface area contributed by atoms with Crippen LogP contribution in [0.3, 0.4) is 0 Å². The van der Waals surface area contributed by atoms with Crippen LogP contribution in [0.25, 0.3) is 21.9 Å². The first-order valence-corrected chi connectivity index (χ1v) is 13.3. The minimum Gasteiger partial charge on any atom is -0.423 e. The molecule has 0 amide bonds. The standard InChI is InChI=1S/C26H20N2O6S2/c1-15-3-7-19(8-4-15)36(31,32)34-18-6-9-20-17(12-24(29)33-23(20)13-18)14-35-26-27-22-10-5-16(2)11-21(22)25(30)28-26/h3-13H,14H2,1-2H3,(H,27,28,30). The van der Waals surface area contributed by atoms with E-state index >= 15 is 0 Å². The van der Waals surface area contributed by atoms with Gasteiger partial charge in [-0.15, -0.1) is 0 Å². The molecule has 5 aromatic rings. The van der Waals surface area contributed by atoms with Crippen molar-refractivity contribution in [3.63, 3.8) is 0 Å². The summed E-state index contributed by atoms with van der Waals surface area (Å²) in [5, 5.41) is 1.54. The number of rotatable bonds is 6. The summed E-state index contributed by atoms with van der Waals surface area (Å²) in [5.41, 5.74) is 2.47. The van der Waals surface area contributed by atoms with E-state index in [0.29, 0.717) is 32.8 Å². The van der Waals surface area contributed by atoms with Crippen LogP contribution in [0.4, 0.5) is 0 Å². The van der Waals surface area contributed by atoms with Gasteiger partial charge in [-0.05, 0) is 55.8 Å². The predicted octanol–water partition coefficient (Wildman–Crippen LogP) is 4.71. The van der Waals surface area contributed by atoms with Gasteiger partial charge in [-0.3, -0.25) is 4.79 Å². The largest absolute Gasteiger partial charge is 0.423 e. The minimum atomic E-state index is -4.06. The molecule has 182 valence electrons. The number of hydrogen-bond acceptors (Lipinski definition) is 8. The lowest BCUT2D eigenvalue weighted by molar-refractivity contribution is 0.485.